The SMILES string of the molecule is CC(C)CCS(=O)(=O)N1CCC[C@@H](N)C1. The third-order valence-electron chi connectivity index (χ3n) is 2.77. The highest BCUT2D eigenvalue weighted by Crippen LogP contribution is 2.15. The van der Waals surface area contributed by atoms with E-state index in [-0.39, 0.29) is 11.8 Å². The van der Waals surface area contributed by atoms with Crippen LogP contribution in [0.5, 0.6) is 0 Å². The van der Waals surface area contributed by atoms with Gasteiger partial charge in [0, 0.05) is 19.1 Å². The van der Waals surface area contributed by atoms with Gasteiger partial charge >= 0.3 is 0 Å². The Bertz CT molecular complexity index is 288. The van der Waals surface area contributed by atoms with Crippen molar-refractivity contribution in [2.75, 3.05) is 18.8 Å². The standard InChI is InChI=1S/C10H22N2O2S/c1-9(2)5-7-15(13,14)12-6-3-4-10(11)8-12/h9-10H,3-8,11H2,1-2H3/t10-/m1/s1. The van der Waals surface area contributed by atoms with Gasteiger partial charge in [-0.15, -0.1) is 0 Å². The number of piperidine rings is 1. The summed E-state index contributed by atoms with van der Waals surface area (Å²) in [7, 11) is -3.06. The fourth-order valence-corrected chi connectivity index (χ4v) is 3.59. The second-order valence-electron chi connectivity index (χ2n) is 4.76. The summed E-state index contributed by atoms with van der Waals surface area (Å²) >= 11 is 0. The van der Waals surface area contributed by atoms with Gasteiger partial charge in [0.05, 0.1) is 5.75 Å². The van der Waals surface area contributed by atoms with Crippen LogP contribution in [0.3, 0.4) is 0 Å². The first-order valence-corrected chi connectivity index (χ1v) is 7.26. The van der Waals surface area contributed by atoms with Crippen molar-refractivity contribution in [1.82, 2.24) is 4.31 Å². The highest BCUT2D eigenvalue weighted by atomic mass is 32.2. The zero-order valence-electron chi connectivity index (χ0n) is 9.65. The summed E-state index contributed by atoms with van der Waals surface area (Å²) in [5, 5.41) is 0. The van der Waals surface area contributed by atoms with E-state index in [0.29, 0.717) is 19.0 Å². The van der Waals surface area contributed by atoms with E-state index in [0.717, 1.165) is 19.3 Å². The van der Waals surface area contributed by atoms with Crippen LogP contribution < -0.4 is 5.73 Å². The van der Waals surface area contributed by atoms with Crippen LogP contribution in [-0.4, -0.2) is 37.6 Å². The quantitative estimate of drug-likeness (QED) is 0.782. The number of nitrogens with zero attached hydrogens (tertiary/aromatic N) is 1. The van der Waals surface area contributed by atoms with Crippen molar-refractivity contribution < 1.29 is 8.42 Å². The Kier molecular flexibility index (Phi) is 4.55. The van der Waals surface area contributed by atoms with Crippen LogP contribution in [0.25, 0.3) is 0 Å². The molecule has 0 saturated carbocycles. The van der Waals surface area contributed by atoms with Crippen LogP contribution in [0.4, 0.5) is 0 Å². The maximum Gasteiger partial charge on any atom is 0.214 e. The molecule has 1 aliphatic heterocycles. The molecule has 0 aliphatic carbocycles. The van der Waals surface area contributed by atoms with E-state index >= 15 is 0 Å². The van der Waals surface area contributed by atoms with Gasteiger partial charge in [-0.2, -0.15) is 0 Å². The number of nitrogens with two attached hydrogens (primary N) is 1. The zero-order chi connectivity index (χ0) is 11.5. The van der Waals surface area contributed by atoms with Crippen LogP contribution in [0.1, 0.15) is 33.1 Å². The Morgan fingerprint density at radius 3 is 2.67 bits per heavy atom. The van der Waals surface area contributed by atoms with Gasteiger partial charge in [-0.25, -0.2) is 12.7 Å². The monoisotopic (exact) mass is 234 g/mol. The van der Waals surface area contributed by atoms with E-state index in [2.05, 4.69) is 0 Å². The molecule has 1 aliphatic rings. The molecule has 0 aromatic rings. The third-order valence-corrected chi connectivity index (χ3v) is 4.64. The molecule has 0 aromatic carbocycles. The molecule has 90 valence electrons. The molecule has 2 N–H and O–H groups in total. The van der Waals surface area contributed by atoms with Gasteiger partial charge in [0.2, 0.25) is 10.0 Å². The topological polar surface area (TPSA) is 63.4 Å². The fourth-order valence-electron chi connectivity index (χ4n) is 1.74. The highest BCUT2D eigenvalue weighted by Gasteiger charge is 2.26. The Balaban J connectivity index is 2.52. The van der Waals surface area contributed by atoms with Crippen LogP contribution in [0.2, 0.25) is 0 Å². The zero-order valence-corrected chi connectivity index (χ0v) is 10.5. The van der Waals surface area contributed by atoms with Gasteiger partial charge in [-0.1, -0.05) is 13.8 Å². The van der Waals surface area contributed by atoms with Crippen LogP contribution in [-0.2, 0) is 10.0 Å². The molecule has 1 atom stereocenters. The average Bonchev–Trinajstić information content (AvgIpc) is 2.15. The summed E-state index contributed by atoms with van der Waals surface area (Å²) in [5.74, 6) is 0.690. The van der Waals surface area contributed by atoms with Crippen molar-refractivity contribution in [3.63, 3.8) is 0 Å². The summed E-state index contributed by atoms with van der Waals surface area (Å²) in [6.45, 7) is 5.23. The lowest BCUT2D eigenvalue weighted by Crippen LogP contribution is -2.46. The molecule has 4 nitrogen and oxygen atoms in total. The van der Waals surface area contributed by atoms with E-state index < -0.39 is 10.0 Å². The Morgan fingerprint density at radius 1 is 1.47 bits per heavy atom. The number of hydrogen-bond acceptors (Lipinski definition) is 3. The summed E-state index contributed by atoms with van der Waals surface area (Å²) in [6, 6.07) is 0.0209. The Hall–Kier alpha value is -0.130. The second-order valence-corrected chi connectivity index (χ2v) is 6.85. The van der Waals surface area contributed by atoms with Crippen molar-refractivity contribution in [3.8, 4) is 0 Å². The first-order chi connectivity index (χ1) is 6.92. The molecule has 0 bridgehead atoms. The number of sulfonamides is 1. The van der Waals surface area contributed by atoms with E-state index in [9.17, 15) is 8.42 Å². The number of rotatable bonds is 4. The van der Waals surface area contributed by atoms with Crippen molar-refractivity contribution >= 4 is 10.0 Å². The highest BCUT2D eigenvalue weighted by molar-refractivity contribution is 7.89. The minimum absolute atomic E-state index is 0.0209. The predicted molar refractivity (Wildman–Crippen MR) is 62.0 cm³/mol. The van der Waals surface area contributed by atoms with Crippen LogP contribution in [0.15, 0.2) is 0 Å². The predicted octanol–water partition coefficient (Wildman–Crippen LogP) is 0.785. The van der Waals surface area contributed by atoms with Gasteiger partial charge in [0.1, 0.15) is 0 Å². The minimum atomic E-state index is -3.06. The molecule has 0 aromatic heterocycles. The molecule has 0 unspecified atom stereocenters. The molecule has 5 heteroatoms. The summed E-state index contributed by atoms with van der Waals surface area (Å²) in [5.41, 5.74) is 5.77. The summed E-state index contributed by atoms with van der Waals surface area (Å²) in [6.07, 6.45) is 2.56. The first kappa shape index (κ1) is 12.9. The second kappa shape index (κ2) is 5.27. The molecule has 0 amide bonds. The lowest BCUT2D eigenvalue weighted by Gasteiger charge is -2.30. The van der Waals surface area contributed by atoms with Gasteiger partial charge in [-0.05, 0) is 25.2 Å². The molecule has 0 spiro atoms. The molecule has 1 heterocycles. The maximum absolute atomic E-state index is 11.9. The molecule has 15 heavy (non-hydrogen) atoms. The maximum atomic E-state index is 11.9. The fraction of sp³-hybridized carbons (Fsp3) is 1.00. The van der Waals surface area contributed by atoms with Gasteiger partial charge < -0.3 is 5.73 Å². The first-order valence-electron chi connectivity index (χ1n) is 5.65. The molecule has 1 saturated heterocycles. The van der Waals surface area contributed by atoms with Gasteiger partial charge in [0.15, 0.2) is 0 Å². The normalized spacial score (nSPS) is 24.7. The average molecular weight is 234 g/mol. The molecule has 1 rings (SSSR count). The van der Waals surface area contributed by atoms with Gasteiger partial charge in [0.25, 0.3) is 0 Å². The van der Waals surface area contributed by atoms with Gasteiger partial charge in [-0.3, -0.25) is 0 Å². The van der Waals surface area contributed by atoms with Crippen molar-refractivity contribution in [2.24, 2.45) is 11.7 Å². The van der Waals surface area contributed by atoms with E-state index in [1.54, 1.807) is 4.31 Å². The molecular weight excluding hydrogens is 212 g/mol. The van der Waals surface area contributed by atoms with Crippen LogP contribution >= 0.6 is 0 Å². The van der Waals surface area contributed by atoms with E-state index in [1.807, 2.05) is 13.8 Å². The minimum Gasteiger partial charge on any atom is -0.327 e. The van der Waals surface area contributed by atoms with Crippen LogP contribution in [0, 0.1) is 5.92 Å². The molecule has 1 fully saturated rings. The Morgan fingerprint density at radius 2 is 2.13 bits per heavy atom. The third kappa shape index (κ3) is 4.09. The smallest absolute Gasteiger partial charge is 0.214 e. The summed E-state index contributed by atoms with van der Waals surface area (Å²) in [4.78, 5) is 0. The number of hydrogen-bond donors (Lipinski definition) is 1. The summed E-state index contributed by atoms with van der Waals surface area (Å²) < 4.78 is 25.4. The lowest BCUT2D eigenvalue weighted by atomic mass is 10.1. The van der Waals surface area contributed by atoms with Crippen molar-refractivity contribution in [3.05, 3.63) is 0 Å². The largest absolute Gasteiger partial charge is 0.327 e. The Labute approximate surface area is 92.9 Å². The van der Waals surface area contributed by atoms with E-state index in [1.165, 1.54) is 0 Å². The lowest BCUT2D eigenvalue weighted by molar-refractivity contribution is 0.315. The molecular formula is C10H22N2O2S. The molecule has 0 radical (unpaired) electrons. The van der Waals surface area contributed by atoms with Crippen molar-refractivity contribution in [2.45, 2.75) is 39.2 Å². The van der Waals surface area contributed by atoms with Crippen molar-refractivity contribution in [1.29, 1.82) is 0 Å². The van der Waals surface area contributed by atoms with E-state index in [4.69, 9.17) is 5.73 Å².